The van der Waals surface area contributed by atoms with E-state index in [1.165, 1.54) is 4.68 Å². The first-order valence-electron chi connectivity index (χ1n) is 7.23. The predicted octanol–water partition coefficient (Wildman–Crippen LogP) is 3.24. The van der Waals surface area contributed by atoms with E-state index >= 15 is 4.39 Å². The number of hydrogen-bond donors (Lipinski definition) is 1. The largest absolute Gasteiger partial charge is 0.341 e. The highest BCUT2D eigenvalue weighted by Gasteiger charge is 2.50. The van der Waals surface area contributed by atoms with E-state index in [0.717, 1.165) is 30.7 Å². The summed E-state index contributed by atoms with van der Waals surface area (Å²) in [4.78, 5) is 4.32. The Morgan fingerprint density at radius 2 is 2.23 bits per heavy atom. The van der Waals surface area contributed by atoms with Crippen molar-refractivity contribution in [3.63, 3.8) is 0 Å². The summed E-state index contributed by atoms with van der Waals surface area (Å²) in [5.41, 5.74) is 2.11. The lowest BCUT2D eigenvalue weighted by molar-refractivity contribution is 0.346. The van der Waals surface area contributed by atoms with Crippen molar-refractivity contribution in [2.75, 3.05) is 12.4 Å². The van der Waals surface area contributed by atoms with E-state index in [-0.39, 0.29) is 11.1 Å². The molecule has 0 unspecified atom stereocenters. The van der Waals surface area contributed by atoms with Crippen molar-refractivity contribution in [2.24, 2.45) is 4.99 Å². The first-order chi connectivity index (χ1) is 10.6. The molecule has 7 heteroatoms. The molecule has 2 aromatic rings. The Kier molecular flexibility index (Phi) is 2.81. The van der Waals surface area contributed by atoms with Crippen LogP contribution in [0.3, 0.4) is 0 Å². The van der Waals surface area contributed by atoms with E-state index in [9.17, 15) is 0 Å². The van der Waals surface area contributed by atoms with E-state index in [4.69, 9.17) is 11.6 Å². The van der Waals surface area contributed by atoms with Crippen molar-refractivity contribution in [2.45, 2.75) is 31.6 Å². The smallest absolute Gasteiger partial charge is 0.174 e. The van der Waals surface area contributed by atoms with Gasteiger partial charge in [0, 0.05) is 7.05 Å². The van der Waals surface area contributed by atoms with Crippen molar-refractivity contribution in [1.29, 1.82) is 0 Å². The predicted molar refractivity (Wildman–Crippen MR) is 83.6 cm³/mol. The Morgan fingerprint density at radius 1 is 1.45 bits per heavy atom. The average molecular weight is 320 g/mol. The number of rotatable bonds is 1. The van der Waals surface area contributed by atoms with Gasteiger partial charge in [-0.1, -0.05) is 23.2 Å². The fourth-order valence-corrected chi connectivity index (χ4v) is 3.73. The third-order valence-corrected chi connectivity index (χ3v) is 4.96. The fraction of sp³-hybridized carbons (Fsp3) is 0.400. The second-order valence-electron chi connectivity index (χ2n) is 5.88. The van der Waals surface area contributed by atoms with Crippen LogP contribution in [0.2, 0.25) is 5.02 Å². The van der Waals surface area contributed by atoms with Gasteiger partial charge in [-0.05, 0) is 31.4 Å². The maximum absolute atomic E-state index is 15.1. The van der Waals surface area contributed by atoms with Crippen LogP contribution in [0.5, 0.6) is 0 Å². The Labute approximate surface area is 132 Å². The number of anilines is 1. The van der Waals surface area contributed by atoms with Gasteiger partial charge in [-0.2, -0.15) is 0 Å². The summed E-state index contributed by atoms with van der Waals surface area (Å²) in [6.07, 6.45) is 4.71. The molecule has 1 aromatic heterocycles. The van der Waals surface area contributed by atoms with E-state index in [2.05, 4.69) is 20.6 Å². The summed E-state index contributed by atoms with van der Waals surface area (Å²) in [6, 6.07) is 1.84. The van der Waals surface area contributed by atoms with Crippen LogP contribution in [0, 0.1) is 12.7 Å². The van der Waals surface area contributed by atoms with Crippen LogP contribution < -0.4 is 5.32 Å². The molecule has 2 heterocycles. The lowest BCUT2D eigenvalue weighted by atomic mass is 9.65. The summed E-state index contributed by atoms with van der Waals surface area (Å²) in [7, 11) is 1.73. The minimum Gasteiger partial charge on any atom is -0.341 e. The Hall–Kier alpha value is -1.95. The second kappa shape index (κ2) is 4.52. The minimum absolute atomic E-state index is 0.189. The number of amidine groups is 1. The number of aliphatic imine (C=N–C) groups is 1. The first-order valence-corrected chi connectivity index (χ1v) is 7.61. The Bertz CT molecular complexity index is 807. The van der Waals surface area contributed by atoms with Gasteiger partial charge in [0.05, 0.1) is 28.0 Å². The first kappa shape index (κ1) is 13.7. The number of nitrogens with one attached hydrogen (secondary N) is 1. The fourth-order valence-electron chi connectivity index (χ4n) is 3.45. The zero-order valence-electron chi connectivity index (χ0n) is 12.3. The van der Waals surface area contributed by atoms with Crippen molar-refractivity contribution in [1.82, 2.24) is 15.0 Å². The molecule has 0 radical (unpaired) electrons. The van der Waals surface area contributed by atoms with Gasteiger partial charge in [0.1, 0.15) is 11.5 Å². The summed E-state index contributed by atoms with van der Waals surface area (Å²) in [6.45, 7) is 1.80. The van der Waals surface area contributed by atoms with Crippen LogP contribution >= 0.6 is 11.6 Å². The van der Waals surface area contributed by atoms with E-state index in [0.29, 0.717) is 16.4 Å². The maximum atomic E-state index is 15.1. The van der Waals surface area contributed by atoms with Gasteiger partial charge in [0.2, 0.25) is 0 Å². The van der Waals surface area contributed by atoms with Gasteiger partial charge in [-0.25, -0.2) is 9.07 Å². The van der Waals surface area contributed by atoms with E-state index in [1.54, 1.807) is 20.2 Å². The minimum atomic E-state index is -0.405. The molecular weight excluding hydrogens is 305 g/mol. The van der Waals surface area contributed by atoms with Crippen molar-refractivity contribution >= 4 is 23.1 Å². The van der Waals surface area contributed by atoms with Crippen LogP contribution in [0.25, 0.3) is 5.69 Å². The topological polar surface area (TPSA) is 55.1 Å². The third-order valence-electron chi connectivity index (χ3n) is 4.67. The highest BCUT2D eigenvalue weighted by Crippen LogP contribution is 2.53. The van der Waals surface area contributed by atoms with Gasteiger partial charge in [0.25, 0.3) is 0 Å². The standard InChI is InChI=1S/C15H15ClFN5/c1-8-7-22(21-20-8)13-10(16)6-9-12(11(13)17)19-14(18-2)15(9)4-3-5-15/h6-7H,3-5H2,1-2H3,(H,18,19). The molecule has 0 atom stereocenters. The number of fused-ring (bicyclic) bond motifs is 2. The number of hydrogen-bond acceptors (Lipinski definition) is 3. The molecule has 2 aliphatic rings. The molecule has 1 aliphatic heterocycles. The Balaban J connectivity index is 1.94. The molecule has 0 bridgehead atoms. The van der Waals surface area contributed by atoms with Gasteiger partial charge in [-0.15, -0.1) is 5.10 Å². The van der Waals surface area contributed by atoms with E-state index in [1.807, 2.05) is 6.07 Å². The lowest BCUT2D eigenvalue weighted by Crippen LogP contribution is -2.41. The van der Waals surface area contributed by atoms with Gasteiger partial charge < -0.3 is 5.32 Å². The highest BCUT2D eigenvalue weighted by atomic mass is 35.5. The second-order valence-corrected chi connectivity index (χ2v) is 6.29. The quantitative estimate of drug-likeness (QED) is 0.878. The van der Waals surface area contributed by atoms with Crippen LogP contribution in [0.4, 0.5) is 10.1 Å². The monoisotopic (exact) mass is 319 g/mol. The maximum Gasteiger partial charge on any atom is 0.174 e. The molecule has 114 valence electrons. The molecule has 1 spiro atoms. The van der Waals surface area contributed by atoms with Gasteiger partial charge >= 0.3 is 0 Å². The third kappa shape index (κ3) is 1.61. The molecule has 0 saturated heterocycles. The summed E-state index contributed by atoms with van der Waals surface area (Å²) < 4.78 is 16.4. The van der Waals surface area contributed by atoms with Crippen molar-refractivity contribution in [3.05, 3.63) is 34.4 Å². The Morgan fingerprint density at radius 3 is 2.77 bits per heavy atom. The summed E-state index contributed by atoms with van der Waals surface area (Å²) in [5, 5.41) is 11.3. The van der Waals surface area contributed by atoms with Crippen molar-refractivity contribution < 1.29 is 4.39 Å². The van der Waals surface area contributed by atoms with Gasteiger partial charge in [-0.3, -0.25) is 4.99 Å². The van der Waals surface area contributed by atoms with Crippen LogP contribution in [0.15, 0.2) is 17.3 Å². The SMILES string of the molecule is CN=C1Nc2c(cc(Cl)c(-n3cc(C)nn3)c2F)C12CCC2. The molecule has 5 nitrogen and oxygen atoms in total. The van der Waals surface area contributed by atoms with Crippen LogP contribution in [0.1, 0.15) is 30.5 Å². The zero-order chi connectivity index (χ0) is 15.5. The molecule has 22 heavy (non-hydrogen) atoms. The molecule has 1 N–H and O–H groups in total. The zero-order valence-corrected chi connectivity index (χ0v) is 13.1. The molecule has 1 saturated carbocycles. The molecule has 1 aliphatic carbocycles. The number of nitrogens with zero attached hydrogens (tertiary/aromatic N) is 4. The molecule has 1 fully saturated rings. The average Bonchev–Trinajstić information content (AvgIpc) is 2.99. The van der Waals surface area contributed by atoms with Gasteiger partial charge in [0.15, 0.2) is 5.82 Å². The van der Waals surface area contributed by atoms with Crippen molar-refractivity contribution in [3.8, 4) is 5.69 Å². The number of halogens is 2. The summed E-state index contributed by atoms with van der Waals surface area (Å²) in [5.74, 6) is 0.424. The highest BCUT2D eigenvalue weighted by molar-refractivity contribution is 6.33. The number of aryl methyl sites for hydroxylation is 1. The number of benzene rings is 1. The normalized spacial score (nSPS) is 20.1. The molecule has 4 rings (SSSR count). The summed E-state index contributed by atoms with van der Waals surface area (Å²) >= 11 is 6.36. The van der Waals surface area contributed by atoms with E-state index < -0.39 is 5.82 Å². The molecular formula is C15H15ClFN5. The molecule has 1 aromatic carbocycles. The molecule has 0 amide bonds. The van der Waals surface area contributed by atoms with Crippen LogP contribution in [-0.4, -0.2) is 27.9 Å². The lowest BCUT2D eigenvalue weighted by Gasteiger charge is -2.38. The number of aromatic nitrogens is 3. The van der Waals surface area contributed by atoms with Crippen LogP contribution in [-0.2, 0) is 5.41 Å².